The average Bonchev–Trinajstić information content (AvgIpc) is 2.37. The Labute approximate surface area is 107 Å². The van der Waals surface area contributed by atoms with E-state index < -0.39 is 0 Å². The van der Waals surface area contributed by atoms with E-state index in [0.717, 1.165) is 17.9 Å². The predicted molar refractivity (Wildman–Crippen MR) is 75.7 cm³/mol. The number of nitrogen functional groups attached to an aromatic ring is 2. The van der Waals surface area contributed by atoms with E-state index in [0.29, 0.717) is 12.3 Å². The molecule has 0 bridgehead atoms. The summed E-state index contributed by atoms with van der Waals surface area (Å²) in [6.07, 6.45) is 0.848. The number of nitrogens with two attached hydrogens (primary N) is 2. The Bertz CT molecular complexity index is 521. The lowest BCUT2D eigenvalue weighted by Crippen LogP contribution is -1.98. The summed E-state index contributed by atoms with van der Waals surface area (Å²) in [4.78, 5) is 0. The molecule has 3 nitrogen and oxygen atoms in total. The van der Waals surface area contributed by atoms with Crippen LogP contribution in [0.4, 0.5) is 11.4 Å². The maximum atomic E-state index is 5.85. The van der Waals surface area contributed by atoms with Gasteiger partial charge >= 0.3 is 0 Å². The molecule has 0 atom stereocenters. The van der Waals surface area contributed by atoms with Gasteiger partial charge in [-0.15, -0.1) is 0 Å². The van der Waals surface area contributed by atoms with Gasteiger partial charge in [0.2, 0.25) is 0 Å². The summed E-state index contributed by atoms with van der Waals surface area (Å²) >= 11 is 0. The fraction of sp³-hybridized carbons (Fsp3) is 0.200. The Morgan fingerprint density at radius 2 is 1.61 bits per heavy atom. The number of hydrogen-bond acceptors (Lipinski definition) is 3. The Balaban J connectivity index is 2.18. The Morgan fingerprint density at radius 3 is 2.28 bits per heavy atom. The minimum Gasteiger partial charge on any atom is -0.492 e. The average molecular weight is 242 g/mol. The first-order valence-electron chi connectivity index (χ1n) is 6.04. The molecule has 0 amide bonds. The summed E-state index contributed by atoms with van der Waals surface area (Å²) in [5, 5.41) is 0. The molecule has 0 aliphatic rings. The van der Waals surface area contributed by atoms with E-state index in [1.165, 1.54) is 11.1 Å². The normalized spacial score (nSPS) is 10.3. The third-order valence-corrected chi connectivity index (χ3v) is 2.77. The minimum atomic E-state index is 0.621. The van der Waals surface area contributed by atoms with Gasteiger partial charge in [-0.2, -0.15) is 0 Å². The van der Waals surface area contributed by atoms with Gasteiger partial charge in [0, 0.05) is 5.69 Å². The smallest absolute Gasteiger partial charge is 0.142 e. The summed E-state index contributed by atoms with van der Waals surface area (Å²) in [7, 11) is 0. The fourth-order valence-electron chi connectivity index (χ4n) is 1.84. The first kappa shape index (κ1) is 12.3. The van der Waals surface area contributed by atoms with Gasteiger partial charge in [0.1, 0.15) is 5.75 Å². The fourth-order valence-corrected chi connectivity index (χ4v) is 1.84. The topological polar surface area (TPSA) is 61.3 Å². The second-order valence-electron chi connectivity index (χ2n) is 4.22. The van der Waals surface area contributed by atoms with Crippen LogP contribution in [-0.4, -0.2) is 6.61 Å². The number of benzene rings is 2. The monoisotopic (exact) mass is 242 g/mol. The lowest BCUT2D eigenvalue weighted by molar-refractivity contribution is 0.342. The SMILES string of the molecule is CCOc1cc(Cc2ccc(N)cc2)ccc1N. The van der Waals surface area contributed by atoms with Crippen molar-refractivity contribution in [2.24, 2.45) is 0 Å². The zero-order valence-corrected chi connectivity index (χ0v) is 10.5. The van der Waals surface area contributed by atoms with Gasteiger partial charge in [-0.25, -0.2) is 0 Å². The van der Waals surface area contributed by atoms with E-state index in [4.69, 9.17) is 16.2 Å². The van der Waals surface area contributed by atoms with Crippen LogP contribution in [0.5, 0.6) is 5.75 Å². The van der Waals surface area contributed by atoms with E-state index in [1.807, 2.05) is 49.4 Å². The van der Waals surface area contributed by atoms with E-state index in [9.17, 15) is 0 Å². The van der Waals surface area contributed by atoms with E-state index in [2.05, 4.69) is 0 Å². The molecule has 94 valence electrons. The van der Waals surface area contributed by atoms with Crippen molar-refractivity contribution in [2.75, 3.05) is 18.1 Å². The molecule has 0 aromatic heterocycles. The van der Waals surface area contributed by atoms with Crippen molar-refractivity contribution in [1.82, 2.24) is 0 Å². The van der Waals surface area contributed by atoms with Gasteiger partial charge in [-0.1, -0.05) is 18.2 Å². The van der Waals surface area contributed by atoms with E-state index in [1.54, 1.807) is 0 Å². The minimum absolute atomic E-state index is 0.621. The summed E-state index contributed by atoms with van der Waals surface area (Å²) in [5.41, 5.74) is 15.4. The summed E-state index contributed by atoms with van der Waals surface area (Å²) in [5.74, 6) is 0.755. The molecule has 0 heterocycles. The van der Waals surface area contributed by atoms with Crippen LogP contribution in [0.15, 0.2) is 42.5 Å². The van der Waals surface area contributed by atoms with E-state index in [-0.39, 0.29) is 0 Å². The lowest BCUT2D eigenvalue weighted by Gasteiger charge is -2.09. The van der Waals surface area contributed by atoms with Crippen LogP contribution in [0.1, 0.15) is 18.1 Å². The molecule has 0 spiro atoms. The van der Waals surface area contributed by atoms with Crippen LogP contribution in [0, 0.1) is 0 Å². The molecule has 2 aromatic carbocycles. The zero-order chi connectivity index (χ0) is 13.0. The molecule has 0 fully saturated rings. The molecule has 0 aliphatic heterocycles. The molecule has 2 aromatic rings. The van der Waals surface area contributed by atoms with Crippen LogP contribution >= 0.6 is 0 Å². The molecule has 3 heteroatoms. The molecule has 0 saturated carbocycles. The quantitative estimate of drug-likeness (QED) is 0.810. The van der Waals surface area contributed by atoms with Crippen molar-refractivity contribution in [3.05, 3.63) is 53.6 Å². The van der Waals surface area contributed by atoms with Gasteiger partial charge in [0.05, 0.1) is 12.3 Å². The van der Waals surface area contributed by atoms with Crippen LogP contribution in [0.2, 0.25) is 0 Å². The second kappa shape index (κ2) is 5.45. The Morgan fingerprint density at radius 1 is 0.944 bits per heavy atom. The second-order valence-corrected chi connectivity index (χ2v) is 4.22. The van der Waals surface area contributed by atoms with Gasteiger partial charge in [-0.3, -0.25) is 0 Å². The van der Waals surface area contributed by atoms with Crippen LogP contribution in [0.3, 0.4) is 0 Å². The highest BCUT2D eigenvalue weighted by Gasteiger charge is 2.03. The highest BCUT2D eigenvalue weighted by Crippen LogP contribution is 2.24. The zero-order valence-electron chi connectivity index (χ0n) is 10.5. The molecule has 4 N–H and O–H groups in total. The van der Waals surface area contributed by atoms with Gasteiger partial charge in [0.25, 0.3) is 0 Å². The van der Waals surface area contributed by atoms with Gasteiger partial charge in [0.15, 0.2) is 0 Å². The molecule has 0 unspecified atom stereocenters. The van der Waals surface area contributed by atoms with Crippen molar-refractivity contribution in [3.63, 3.8) is 0 Å². The highest BCUT2D eigenvalue weighted by atomic mass is 16.5. The molecule has 18 heavy (non-hydrogen) atoms. The summed E-state index contributed by atoms with van der Waals surface area (Å²) in [6, 6.07) is 13.8. The highest BCUT2D eigenvalue weighted by molar-refractivity contribution is 5.54. The van der Waals surface area contributed by atoms with Crippen LogP contribution < -0.4 is 16.2 Å². The molecule has 0 aliphatic carbocycles. The summed E-state index contributed by atoms with van der Waals surface area (Å²) in [6.45, 7) is 2.57. The van der Waals surface area contributed by atoms with Gasteiger partial charge in [-0.05, 0) is 48.7 Å². The number of hydrogen-bond donors (Lipinski definition) is 2. The summed E-state index contributed by atoms with van der Waals surface area (Å²) < 4.78 is 5.49. The van der Waals surface area contributed by atoms with Crippen LogP contribution in [-0.2, 0) is 6.42 Å². The maximum Gasteiger partial charge on any atom is 0.142 e. The standard InChI is InChI=1S/C15H18N2O/c1-2-18-15-10-12(5-8-14(15)17)9-11-3-6-13(16)7-4-11/h3-8,10H,2,9,16-17H2,1H3. The van der Waals surface area contributed by atoms with E-state index >= 15 is 0 Å². The molecular formula is C15H18N2O. The van der Waals surface area contributed by atoms with Crippen molar-refractivity contribution >= 4 is 11.4 Å². The lowest BCUT2D eigenvalue weighted by atomic mass is 10.0. The number of anilines is 2. The molecule has 0 saturated heterocycles. The largest absolute Gasteiger partial charge is 0.492 e. The van der Waals surface area contributed by atoms with Crippen molar-refractivity contribution < 1.29 is 4.74 Å². The van der Waals surface area contributed by atoms with Crippen LogP contribution in [0.25, 0.3) is 0 Å². The van der Waals surface area contributed by atoms with Gasteiger partial charge < -0.3 is 16.2 Å². The van der Waals surface area contributed by atoms with Crippen molar-refractivity contribution in [1.29, 1.82) is 0 Å². The van der Waals surface area contributed by atoms with Crippen molar-refractivity contribution in [3.8, 4) is 5.75 Å². The Hall–Kier alpha value is -2.16. The third kappa shape index (κ3) is 2.94. The molecule has 2 rings (SSSR count). The Kier molecular flexibility index (Phi) is 3.72. The predicted octanol–water partition coefficient (Wildman–Crippen LogP) is 2.84. The molecular weight excluding hydrogens is 224 g/mol. The first-order chi connectivity index (χ1) is 8.69. The molecule has 0 radical (unpaired) electrons. The van der Waals surface area contributed by atoms with Crippen molar-refractivity contribution in [2.45, 2.75) is 13.3 Å². The number of rotatable bonds is 4. The number of ether oxygens (including phenoxy) is 1. The maximum absolute atomic E-state index is 5.85. The third-order valence-electron chi connectivity index (χ3n) is 2.77. The first-order valence-corrected chi connectivity index (χ1v) is 6.04.